The van der Waals surface area contributed by atoms with Crippen LogP contribution in [0.1, 0.15) is 33.4 Å². The average Bonchev–Trinajstić information content (AvgIpc) is 2.50. The minimum atomic E-state index is 0.0663. The van der Waals surface area contributed by atoms with Crippen molar-refractivity contribution in [3.05, 3.63) is 18.2 Å². The summed E-state index contributed by atoms with van der Waals surface area (Å²) in [6, 6.07) is 0. The smallest absolute Gasteiger partial charge is 0.0948 e. The number of aliphatic hydroxyl groups is 1. The topological polar surface area (TPSA) is 38.0 Å². The Balaban J connectivity index is 2.69. The van der Waals surface area contributed by atoms with Crippen LogP contribution < -0.4 is 0 Å². The molecule has 1 aromatic rings. The van der Waals surface area contributed by atoms with Crippen molar-refractivity contribution in [1.82, 2.24) is 9.55 Å². The van der Waals surface area contributed by atoms with E-state index >= 15 is 0 Å². The first-order valence-corrected chi connectivity index (χ1v) is 5.05. The molecule has 0 spiro atoms. The molecule has 14 heavy (non-hydrogen) atoms. The summed E-state index contributed by atoms with van der Waals surface area (Å²) in [5, 5.41) is 9.06. The first-order chi connectivity index (χ1) is 6.45. The van der Waals surface area contributed by atoms with Gasteiger partial charge < -0.3 is 9.67 Å². The van der Waals surface area contributed by atoms with E-state index in [9.17, 15) is 0 Å². The first-order valence-electron chi connectivity index (χ1n) is 5.05. The van der Waals surface area contributed by atoms with Gasteiger partial charge in [0.25, 0.3) is 0 Å². The van der Waals surface area contributed by atoms with Crippen molar-refractivity contribution in [2.75, 3.05) is 0 Å². The molecule has 0 aliphatic rings. The fourth-order valence-corrected chi connectivity index (χ4v) is 1.21. The van der Waals surface area contributed by atoms with Gasteiger partial charge in [-0.15, -0.1) is 0 Å². The van der Waals surface area contributed by atoms with E-state index in [-0.39, 0.29) is 12.0 Å². The molecule has 1 atom stereocenters. The number of rotatable bonds is 3. The summed E-state index contributed by atoms with van der Waals surface area (Å²) in [5.74, 6) is 0.557. The van der Waals surface area contributed by atoms with Crippen molar-refractivity contribution >= 4 is 0 Å². The van der Waals surface area contributed by atoms with Gasteiger partial charge in [-0.05, 0) is 11.3 Å². The van der Waals surface area contributed by atoms with Gasteiger partial charge in [0, 0.05) is 6.54 Å². The van der Waals surface area contributed by atoms with E-state index in [1.807, 2.05) is 4.57 Å². The molecule has 0 bridgehead atoms. The molecule has 3 heteroatoms. The number of hydrogen-bond donors (Lipinski definition) is 1. The molecule has 0 amide bonds. The molecule has 0 fully saturated rings. The molecule has 0 saturated heterocycles. The van der Waals surface area contributed by atoms with E-state index in [4.69, 9.17) is 5.11 Å². The first kappa shape index (κ1) is 11.2. The van der Waals surface area contributed by atoms with E-state index in [1.165, 1.54) is 0 Å². The summed E-state index contributed by atoms with van der Waals surface area (Å²) in [6.07, 6.45) is 3.50. The number of aliphatic hydroxyl groups excluding tert-OH is 1. The van der Waals surface area contributed by atoms with Crippen molar-refractivity contribution in [2.45, 2.75) is 40.8 Å². The van der Waals surface area contributed by atoms with Crippen LogP contribution in [0.15, 0.2) is 12.5 Å². The van der Waals surface area contributed by atoms with Gasteiger partial charge in [0.2, 0.25) is 0 Å². The van der Waals surface area contributed by atoms with Gasteiger partial charge in [0.1, 0.15) is 0 Å². The maximum atomic E-state index is 9.06. The van der Waals surface area contributed by atoms with Crippen LogP contribution in [0.2, 0.25) is 0 Å². The van der Waals surface area contributed by atoms with Gasteiger partial charge in [-0.3, -0.25) is 0 Å². The lowest BCUT2D eigenvalue weighted by Crippen LogP contribution is -2.22. The lowest BCUT2D eigenvalue weighted by Gasteiger charge is -2.27. The van der Waals surface area contributed by atoms with Gasteiger partial charge in [-0.1, -0.05) is 27.7 Å². The van der Waals surface area contributed by atoms with Crippen LogP contribution in [0.4, 0.5) is 0 Å². The van der Waals surface area contributed by atoms with E-state index < -0.39 is 0 Å². The van der Waals surface area contributed by atoms with Crippen LogP contribution >= 0.6 is 0 Å². The zero-order chi connectivity index (χ0) is 10.8. The molecule has 1 heterocycles. The van der Waals surface area contributed by atoms with Gasteiger partial charge in [-0.2, -0.15) is 0 Å². The van der Waals surface area contributed by atoms with Crippen molar-refractivity contribution < 1.29 is 5.11 Å². The Morgan fingerprint density at radius 3 is 2.64 bits per heavy atom. The standard InChI is InChI=1S/C11H20N2O/c1-9(11(2,3)4)6-13-8-12-5-10(13)7-14/h5,8-9,14H,6-7H2,1-4H3. The van der Waals surface area contributed by atoms with Crippen LogP contribution in [-0.4, -0.2) is 14.7 Å². The molecule has 3 nitrogen and oxygen atoms in total. The van der Waals surface area contributed by atoms with Gasteiger partial charge in [-0.25, -0.2) is 4.98 Å². The Morgan fingerprint density at radius 2 is 2.14 bits per heavy atom. The summed E-state index contributed by atoms with van der Waals surface area (Å²) < 4.78 is 2.02. The van der Waals surface area contributed by atoms with Gasteiger partial charge >= 0.3 is 0 Å². The minimum absolute atomic E-state index is 0.0663. The van der Waals surface area contributed by atoms with E-state index in [2.05, 4.69) is 32.7 Å². The Hall–Kier alpha value is -0.830. The minimum Gasteiger partial charge on any atom is -0.390 e. The Bertz CT molecular complexity index is 286. The molecule has 80 valence electrons. The van der Waals surface area contributed by atoms with Crippen LogP contribution in [0, 0.1) is 11.3 Å². The molecule has 0 saturated carbocycles. The maximum Gasteiger partial charge on any atom is 0.0948 e. The third kappa shape index (κ3) is 2.58. The van der Waals surface area contributed by atoms with Crippen molar-refractivity contribution in [1.29, 1.82) is 0 Å². The predicted molar refractivity (Wildman–Crippen MR) is 56.8 cm³/mol. The predicted octanol–water partition coefficient (Wildman–Crippen LogP) is 2.06. The Labute approximate surface area is 85.8 Å². The zero-order valence-corrected chi connectivity index (χ0v) is 9.49. The zero-order valence-electron chi connectivity index (χ0n) is 9.49. The lowest BCUT2D eigenvalue weighted by molar-refractivity contribution is 0.220. The second-order valence-electron chi connectivity index (χ2n) is 4.96. The van der Waals surface area contributed by atoms with Gasteiger partial charge in [0.15, 0.2) is 0 Å². The highest BCUT2D eigenvalue weighted by Gasteiger charge is 2.20. The van der Waals surface area contributed by atoms with Crippen LogP contribution in [-0.2, 0) is 13.2 Å². The van der Waals surface area contributed by atoms with E-state index in [1.54, 1.807) is 12.5 Å². The highest BCUT2D eigenvalue weighted by Crippen LogP contribution is 2.26. The van der Waals surface area contributed by atoms with Crippen molar-refractivity contribution in [3.63, 3.8) is 0 Å². The van der Waals surface area contributed by atoms with Crippen molar-refractivity contribution in [3.8, 4) is 0 Å². The monoisotopic (exact) mass is 196 g/mol. The Kier molecular flexibility index (Phi) is 3.32. The molecular formula is C11H20N2O. The number of aromatic nitrogens is 2. The third-order valence-corrected chi connectivity index (χ3v) is 2.91. The molecule has 0 aromatic carbocycles. The summed E-state index contributed by atoms with van der Waals surface area (Å²) in [5.41, 5.74) is 1.18. The largest absolute Gasteiger partial charge is 0.390 e. The molecule has 1 rings (SSSR count). The SMILES string of the molecule is CC(Cn1cncc1CO)C(C)(C)C. The lowest BCUT2D eigenvalue weighted by atomic mass is 9.82. The second-order valence-corrected chi connectivity index (χ2v) is 4.96. The number of hydrogen-bond acceptors (Lipinski definition) is 2. The average molecular weight is 196 g/mol. The number of imidazole rings is 1. The van der Waals surface area contributed by atoms with Crippen LogP contribution in [0.25, 0.3) is 0 Å². The fourth-order valence-electron chi connectivity index (χ4n) is 1.21. The molecule has 0 radical (unpaired) electrons. The molecule has 1 N–H and O–H groups in total. The number of nitrogens with zero attached hydrogens (tertiary/aromatic N) is 2. The molecule has 0 aliphatic carbocycles. The highest BCUT2D eigenvalue weighted by molar-refractivity contribution is 4.96. The molecule has 1 unspecified atom stereocenters. The van der Waals surface area contributed by atoms with E-state index in [0.717, 1.165) is 12.2 Å². The highest BCUT2D eigenvalue weighted by atomic mass is 16.3. The van der Waals surface area contributed by atoms with Crippen LogP contribution in [0.3, 0.4) is 0 Å². The van der Waals surface area contributed by atoms with Crippen LogP contribution in [0.5, 0.6) is 0 Å². The van der Waals surface area contributed by atoms with Gasteiger partial charge in [0.05, 0.1) is 24.8 Å². The normalized spacial score (nSPS) is 14.4. The third-order valence-electron chi connectivity index (χ3n) is 2.91. The second kappa shape index (κ2) is 4.13. The molecule has 0 aliphatic heterocycles. The summed E-state index contributed by atoms with van der Waals surface area (Å²) in [7, 11) is 0. The summed E-state index contributed by atoms with van der Waals surface area (Å²) in [6.45, 7) is 9.89. The maximum absolute atomic E-state index is 9.06. The fraction of sp³-hybridized carbons (Fsp3) is 0.727. The van der Waals surface area contributed by atoms with Crippen molar-refractivity contribution in [2.24, 2.45) is 11.3 Å². The summed E-state index contributed by atoms with van der Waals surface area (Å²) >= 11 is 0. The quantitative estimate of drug-likeness (QED) is 0.803. The molecular weight excluding hydrogens is 176 g/mol. The Morgan fingerprint density at radius 1 is 1.50 bits per heavy atom. The van der Waals surface area contributed by atoms with E-state index in [0.29, 0.717) is 5.92 Å². The molecule has 1 aromatic heterocycles. The summed E-state index contributed by atoms with van der Waals surface area (Å²) in [4.78, 5) is 4.03.